The largest absolute Gasteiger partial charge is 0.507 e. The van der Waals surface area contributed by atoms with Crippen molar-refractivity contribution in [3.8, 4) is 33.2 Å². The average molecular weight is 1020 g/mol. The van der Waals surface area contributed by atoms with Crippen LogP contribution < -0.4 is 30.9 Å². The summed E-state index contributed by atoms with van der Waals surface area (Å²) in [6.07, 6.45) is 3.39. The van der Waals surface area contributed by atoms with Gasteiger partial charge in [0.25, 0.3) is 0 Å². The molecule has 3 aliphatic rings. The number of piperazine rings is 1. The van der Waals surface area contributed by atoms with Gasteiger partial charge >= 0.3 is 0 Å². The van der Waals surface area contributed by atoms with Crippen LogP contribution in [0, 0.1) is 12.3 Å². The van der Waals surface area contributed by atoms with E-state index in [0.29, 0.717) is 75.4 Å². The highest BCUT2D eigenvalue weighted by Crippen LogP contribution is 2.34. The van der Waals surface area contributed by atoms with Crippen LogP contribution in [0.25, 0.3) is 21.7 Å². The quantitative estimate of drug-likeness (QED) is 0.0601. The molecule has 0 bridgehead atoms. The fourth-order valence-electron chi connectivity index (χ4n) is 9.99. The Labute approximate surface area is 432 Å². The summed E-state index contributed by atoms with van der Waals surface area (Å²) in [5.74, 6) is -0.178. The Hall–Kier alpha value is -6.79. The number of nitrogens with two attached hydrogens (primary N) is 1. The van der Waals surface area contributed by atoms with Crippen LogP contribution in [-0.4, -0.2) is 129 Å². The maximum atomic E-state index is 14.2. The predicted molar refractivity (Wildman–Crippen MR) is 284 cm³/mol. The van der Waals surface area contributed by atoms with E-state index in [4.69, 9.17) is 10.5 Å². The number of phenols is 1. The number of aromatic hydroxyl groups is 1. The number of β-amino-alcohol motifs (C(OH)–C–C–N with tert-alkyl or cyclic N) is 1. The summed E-state index contributed by atoms with van der Waals surface area (Å²) in [5, 5.41) is 35.3. The van der Waals surface area contributed by atoms with Gasteiger partial charge in [-0.1, -0.05) is 69.7 Å². The van der Waals surface area contributed by atoms with Gasteiger partial charge in [-0.05, 0) is 86.4 Å². The number of carbonyl (C=O) groups excluding carboxylic acids is 4. The van der Waals surface area contributed by atoms with E-state index in [0.717, 1.165) is 52.5 Å². The lowest BCUT2D eigenvalue weighted by molar-refractivity contribution is -0.144. The Balaban J connectivity index is 0.756. The first-order chi connectivity index (χ1) is 35.0. The Bertz CT molecular complexity index is 2720. The number of likely N-dealkylation sites (tertiary alicyclic amines) is 1. The number of aromatic nitrogens is 3. The molecule has 5 heterocycles. The summed E-state index contributed by atoms with van der Waals surface area (Å²) in [5.41, 5.74) is 13.5. The van der Waals surface area contributed by atoms with Crippen molar-refractivity contribution >= 4 is 52.2 Å². The van der Waals surface area contributed by atoms with E-state index >= 15 is 0 Å². The second-order valence-corrected chi connectivity index (χ2v) is 21.5. The number of nitrogens with zero attached hydrogens (tertiary/aromatic N) is 7. The van der Waals surface area contributed by atoms with E-state index in [2.05, 4.69) is 59.9 Å². The lowest BCUT2D eigenvalue weighted by Gasteiger charge is -2.38. The number of hydrogen-bond donors (Lipinski definition) is 5. The van der Waals surface area contributed by atoms with Gasteiger partial charge in [0, 0.05) is 81.5 Å². The minimum absolute atomic E-state index is 0.00169. The van der Waals surface area contributed by atoms with E-state index < -0.39 is 29.5 Å². The third-order valence-electron chi connectivity index (χ3n) is 14.2. The molecule has 73 heavy (non-hydrogen) atoms. The number of rotatable bonds is 17. The summed E-state index contributed by atoms with van der Waals surface area (Å²) in [6.45, 7) is 13.7. The molecule has 5 aromatic rings. The lowest BCUT2D eigenvalue weighted by atomic mass is 9.85. The molecule has 0 spiro atoms. The number of aliphatic hydroxyl groups is 1. The van der Waals surface area contributed by atoms with Crippen molar-refractivity contribution in [3.63, 3.8) is 0 Å². The molecule has 8 rings (SSSR count). The topological polar surface area (TPSA) is 220 Å². The molecular weight excluding hydrogens is 945 g/mol. The van der Waals surface area contributed by atoms with Gasteiger partial charge in [0.1, 0.15) is 29.6 Å². The van der Waals surface area contributed by atoms with Crippen molar-refractivity contribution in [1.29, 1.82) is 0 Å². The van der Waals surface area contributed by atoms with Gasteiger partial charge in [-0.25, -0.2) is 4.98 Å². The molecule has 3 aromatic carbocycles. The minimum atomic E-state index is -0.913. The van der Waals surface area contributed by atoms with Gasteiger partial charge in [0.15, 0.2) is 11.6 Å². The zero-order valence-corrected chi connectivity index (χ0v) is 43.4. The number of carbonyl (C=O) groups is 4. The number of piperidine rings is 1. The number of nitrogens with one attached hydrogen (secondary N) is 2. The first kappa shape index (κ1) is 52.5. The van der Waals surface area contributed by atoms with Gasteiger partial charge < -0.3 is 50.9 Å². The first-order valence-corrected chi connectivity index (χ1v) is 26.4. The monoisotopic (exact) mass is 1010 g/mol. The lowest BCUT2D eigenvalue weighted by Crippen LogP contribution is -2.57. The zero-order chi connectivity index (χ0) is 51.8. The number of unbranched alkanes of at least 4 members (excludes halogenated alkanes) is 2. The van der Waals surface area contributed by atoms with E-state index in [1.807, 2.05) is 75.4 Å². The molecule has 3 saturated heterocycles. The maximum absolute atomic E-state index is 14.2. The number of anilines is 3. The van der Waals surface area contributed by atoms with Crippen molar-refractivity contribution < 1.29 is 34.1 Å². The molecule has 4 amide bonds. The van der Waals surface area contributed by atoms with Crippen molar-refractivity contribution in [3.05, 3.63) is 95.6 Å². The summed E-state index contributed by atoms with van der Waals surface area (Å²) in [4.78, 5) is 68.0. The molecule has 17 nitrogen and oxygen atoms in total. The Kier molecular flexibility index (Phi) is 16.8. The number of para-hydroxylation sites is 1. The number of nitrogen functional groups attached to an aromatic ring is 1. The molecule has 5 atom stereocenters. The van der Waals surface area contributed by atoms with Gasteiger partial charge in [-0.15, -0.1) is 21.5 Å². The predicted octanol–water partition coefficient (Wildman–Crippen LogP) is 6.88. The number of aryl methyl sites for hydroxylation is 1. The fourth-order valence-corrected chi connectivity index (χ4v) is 10.8. The third kappa shape index (κ3) is 13.1. The number of amides is 4. The third-order valence-corrected chi connectivity index (χ3v) is 15.2. The van der Waals surface area contributed by atoms with Crippen molar-refractivity contribution in [2.75, 3.05) is 61.3 Å². The SMILES string of the molecule is Cc1ncsc1-c1ccc([C@H](C)NC(=O)[C@@H]2C[C@@H](O)CN2C(=O)[C@@H](NC(=O)CCCCCC(=O)N2CCN(c3cccc(N4CCCC(Oc5cc(-c6ccccc6O)nnc5N)C4)c3)CC2)C(C)(C)C)cc1. The van der Waals surface area contributed by atoms with E-state index in [-0.39, 0.29) is 60.8 Å². The molecule has 1 unspecified atom stereocenters. The molecule has 2 aromatic heterocycles. The minimum Gasteiger partial charge on any atom is -0.507 e. The molecule has 0 radical (unpaired) electrons. The summed E-state index contributed by atoms with van der Waals surface area (Å²) < 4.78 is 6.41. The first-order valence-electron chi connectivity index (χ1n) is 25.6. The van der Waals surface area contributed by atoms with Gasteiger partial charge in [-0.3, -0.25) is 19.2 Å². The van der Waals surface area contributed by atoms with Crippen molar-refractivity contribution in [1.82, 2.24) is 35.6 Å². The number of thiazole rings is 1. The van der Waals surface area contributed by atoms with Gasteiger partial charge in [0.05, 0.1) is 34.8 Å². The Morgan fingerprint density at radius 3 is 2.30 bits per heavy atom. The number of hydrogen-bond acceptors (Lipinski definition) is 14. The number of aliphatic hydroxyl groups excluding tert-OH is 1. The normalized spacial score (nSPS) is 19.1. The van der Waals surface area contributed by atoms with E-state index in [1.165, 1.54) is 4.90 Å². The summed E-state index contributed by atoms with van der Waals surface area (Å²) >= 11 is 1.58. The van der Waals surface area contributed by atoms with Crippen LogP contribution >= 0.6 is 11.3 Å². The molecule has 3 fully saturated rings. The Morgan fingerprint density at radius 2 is 1.59 bits per heavy atom. The van der Waals surface area contributed by atoms with Crippen LogP contribution in [0.4, 0.5) is 17.2 Å². The van der Waals surface area contributed by atoms with Crippen LogP contribution in [0.3, 0.4) is 0 Å². The maximum Gasteiger partial charge on any atom is 0.246 e. The van der Waals surface area contributed by atoms with Crippen LogP contribution in [-0.2, 0) is 19.2 Å². The molecule has 18 heteroatoms. The number of phenolic OH excluding ortho intramolecular Hbond substituents is 1. The van der Waals surface area contributed by atoms with Crippen LogP contribution in [0.2, 0.25) is 0 Å². The molecular formula is C55H70N10O7S. The van der Waals surface area contributed by atoms with Gasteiger partial charge in [-0.2, -0.15) is 0 Å². The standard InChI is InChI=1S/C55H70N10O7S/c1-35(37-20-22-38(23-21-37)50-36(2)57-34-73-50)58-53(70)45-30-41(66)32-65(45)54(71)51(55(3,4)5)59-48(68)18-7-6-8-19-49(69)63-27-25-62(26-28-63)39-13-11-14-40(29-39)64-24-12-15-42(33-64)72-47-31-44(60-61-52(47)56)43-16-9-10-17-46(43)67/h9-11,13-14,16-17,20-23,29,31,34-35,41-42,45,51,66-67H,6-8,12,15,18-19,24-28,30,32-33H2,1-5H3,(H2,56,61)(H,58,70)(H,59,68)/t35-,41+,42?,45-,51+/m0/s1. The Morgan fingerprint density at radius 1 is 0.863 bits per heavy atom. The summed E-state index contributed by atoms with van der Waals surface area (Å²) in [7, 11) is 0. The molecule has 0 aliphatic carbocycles. The highest BCUT2D eigenvalue weighted by Gasteiger charge is 2.44. The van der Waals surface area contributed by atoms with Crippen LogP contribution in [0.1, 0.15) is 96.4 Å². The molecule has 388 valence electrons. The van der Waals surface area contributed by atoms with E-state index in [9.17, 15) is 29.4 Å². The highest BCUT2D eigenvalue weighted by atomic mass is 32.1. The smallest absolute Gasteiger partial charge is 0.246 e. The second-order valence-electron chi connectivity index (χ2n) is 20.7. The highest BCUT2D eigenvalue weighted by molar-refractivity contribution is 7.13. The molecule has 3 aliphatic heterocycles. The molecule has 0 saturated carbocycles. The summed E-state index contributed by atoms with van der Waals surface area (Å²) in [6, 6.07) is 23.0. The van der Waals surface area contributed by atoms with Crippen LogP contribution in [0.5, 0.6) is 11.5 Å². The zero-order valence-electron chi connectivity index (χ0n) is 42.6. The van der Waals surface area contributed by atoms with Crippen molar-refractivity contribution in [2.45, 2.75) is 116 Å². The van der Waals surface area contributed by atoms with Crippen LogP contribution in [0.15, 0.2) is 84.4 Å². The number of ether oxygens (including phenoxy) is 1. The van der Waals surface area contributed by atoms with Crippen molar-refractivity contribution in [2.24, 2.45) is 5.41 Å². The fraction of sp³-hybridized carbons (Fsp3) is 0.473. The molecule has 6 N–H and O–H groups in total. The number of benzene rings is 3. The second kappa shape index (κ2) is 23.4. The van der Waals surface area contributed by atoms with Gasteiger partial charge in [0.2, 0.25) is 23.6 Å². The average Bonchev–Trinajstić information content (AvgIpc) is 4.01. The van der Waals surface area contributed by atoms with E-state index in [1.54, 1.807) is 35.6 Å².